The smallest absolute Gasteiger partial charge is 0.330 e. The highest BCUT2D eigenvalue weighted by Crippen LogP contribution is 2.22. The van der Waals surface area contributed by atoms with Gasteiger partial charge in [0.25, 0.3) is 11.8 Å². The molecular weight excluding hydrogens is 396 g/mol. The molecule has 162 valence electrons. The van der Waals surface area contributed by atoms with Crippen LogP contribution in [-0.4, -0.2) is 64.9 Å². The molecule has 0 saturated carbocycles. The lowest BCUT2D eigenvalue weighted by atomic mass is 10.1. The van der Waals surface area contributed by atoms with Crippen molar-refractivity contribution in [1.82, 2.24) is 20.2 Å². The Balaban J connectivity index is 1.41. The van der Waals surface area contributed by atoms with Crippen molar-refractivity contribution < 1.29 is 14.4 Å². The molecule has 4 rings (SSSR count). The second kappa shape index (κ2) is 8.33. The molecule has 1 atom stereocenters. The van der Waals surface area contributed by atoms with Crippen LogP contribution in [-0.2, 0) is 4.79 Å². The minimum Gasteiger partial charge on any atom is -0.353 e. The molecule has 2 aliphatic rings. The Morgan fingerprint density at radius 1 is 1.10 bits per heavy atom. The molecule has 2 aliphatic heterocycles. The molecule has 1 N–H and O–H groups in total. The Kier molecular flexibility index (Phi) is 5.58. The number of urea groups is 1. The predicted molar refractivity (Wildman–Crippen MR) is 116 cm³/mol. The van der Waals surface area contributed by atoms with Gasteiger partial charge in [0, 0.05) is 38.6 Å². The molecule has 2 fully saturated rings. The number of piperazine rings is 1. The lowest BCUT2D eigenvalue weighted by molar-refractivity contribution is -0.119. The van der Waals surface area contributed by atoms with E-state index < -0.39 is 12.1 Å². The summed E-state index contributed by atoms with van der Waals surface area (Å²) in [6.07, 6.45) is 3.82. The third-order valence-electron chi connectivity index (χ3n) is 5.75. The molecule has 0 radical (unpaired) electrons. The van der Waals surface area contributed by atoms with E-state index in [1.807, 2.05) is 20.0 Å². The average molecular weight is 422 g/mol. The number of aromatic nitrogens is 2. The highest BCUT2D eigenvalue weighted by Gasteiger charge is 2.38. The van der Waals surface area contributed by atoms with Crippen LogP contribution in [0.2, 0.25) is 0 Å². The molecule has 4 heterocycles. The third-order valence-corrected chi connectivity index (χ3v) is 5.75. The summed E-state index contributed by atoms with van der Waals surface area (Å²) in [5.74, 6) is 0.900. The quantitative estimate of drug-likeness (QED) is 0.756. The maximum absolute atomic E-state index is 12.9. The molecule has 31 heavy (non-hydrogen) atoms. The molecular formula is C22H26N6O3. The molecule has 9 heteroatoms. The first-order valence-corrected chi connectivity index (χ1v) is 10.5. The van der Waals surface area contributed by atoms with Gasteiger partial charge >= 0.3 is 6.03 Å². The normalized spacial score (nSPS) is 19.1. The van der Waals surface area contributed by atoms with Crippen LogP contribution < -0.4 is 15.1 Å². The lowest BCUT2D eigenvalue weighted by Gasteiger charge is -2.36. The van der Waals surface area contributed by atoms with Crippen LogP contribution in [0.3, 0.4) is 0 Å². The Bertz CT molecular complexity index is 1010. The number of amides is 4. The number of carbonyl (C=O) groups is 3. The summed E-state index contributed by atoms with van der Waals surface area (Å²) in [6.45, 7) is 8.52. The summed E-state index contributed by atoms with van der Waals surface area (Å²) in [5, 5.41) is 2.30. The van der Waals surface area contributed by atoms with Gasteiger partial charge in [-0.1, -0.05) is 13.0 Å². The first-order valence-electron chi connectivity index (χ1n) is 10.5. The van der Waals surface area contributed by atoms with E-state index in [-0.39, 0.29) is 11.8 Å². The number of hydrogen-bond acceptors (Lipinski definition) is 6. The summed E-state index contributed by atoms with van der Waals surface area (Å²) >= 11 is 0. The summed E-state index contributed by atoms with van der Waals surface area (Å²) < 4.78 is 0. The van der Waals surface area contributed by atoms with E-state index in [1.54, 1.807) is 17.0 Å². The second-order valence-corrected chi connectivity index (χ2v) is 7.93. The van der Waals surface area contributed by atoms with Crippen LogP contribution in [0, 0.1) is 13.8 Å². The first-order chi connectivity index (χ1) is 14.9. The van der Waals surface area contributed by atoms with Crippen molar-refractivity contribution in [3.05, 3.63) is 47.3 Å². The predicted octanol–water partition coefficient (Wildman–Crippen LogP) is 1.89. The van der Waals surface area contributed by atoms with Gasteiger partial charge in [-0.2, -0.15) is 0 Å². The van der Waals surface area contributed by atoms with Gasteiger partial charge in [0.05, 0.1) is 5.56 Å². The zero-order valence-electron chi connectivity index (χ0n) is 18.0. The van der Waals surface area contributed by atoms with Crippen molar-refractivity contribution in [1.29, 1.82) is 0 Å². The first kappa shape index (κ1) is 20.8. The number of anilines is 2. The number of pyridine rings is 2. The van der Waals surface area contributed by atoms with Gasteiger partial charge in [0.15, 0.2) is 0 Å². The fourth-order valence-corrected chi connectivity index (χ4v) is 4.14. The molecule has 4 amide bonds. The summed E-state index contributed by atoms with van der Waals surface area (Å²) in [5.41, 5.74) is 2.72. The van der Waals surface area contributed by atoms with Crippen LogP contribution in [0.25, 0.3) is 0 Å². The summed E-state index contributed by atoms with van der Waals surface area (Å²) in [7, 11) is 0. The number of hydrogen-bond donors (Lipinski definition) is 1. The van der Waals surface area contributed by atoms with Gasteiger partial charge < -0.3 is 9.80 Å². The second-order valence-electron chi connectivity index (χ2n) is 7.93. The van der Waals surface area contributed by atoms with Crippen LogP contribution in [0.4, 0.5) is 16.4 Å². The molecule has 2 aromatic heterocycles. The van der Waals surface area contributed by atoms with Gasteiger partial charge in [-0.15, -0.1) is 0 Å². The maximum Gasteiger partial charge on any atom is 0.330 e. The molecule has 2 aromatic rings. The molecule has 0 spiro atoms. The van der Waals surface area contributed by atoms with Gasteiger partial charge in [0.2, 0.25) is 0 Å². The number of carbonyl (C=O) groups excluding carboxylic acids is 3. The topological polar surface area (TPSA) is 98.7 Å². The Morgan fingerprint density at radius 3 is 2.45 bits per heavy atom. The van der Waals surface area contributed by atoms with Gasteiger partial charge in [0.1, 0.15) is 17.7 Å². The molecule has 1 unspecified atom stereocenters. The average Bonchev–Trinajstić information content (AvgIpc) is 3.06. The van der Waals surface area contributed by atoms with E-state index in [4.69, 9.17) is 0 Å². The van der Waals surface area contributed by atoms with Crippen LogP contribution >= 0.6 is 0 Å². The third kappa shape index (κ3) is 3.95. The van der Waals surface area contributed by atoms with Crippen LogP contribution in [0.5, 0.6) is 0 Å². The SMILES string of the molecule is CCC1C(=O)NC(=O)N1c1ccc(C(=O)N2CCN(c3ncc(C)cc3C)CC2)cn1. The minimum absolute atomic E-state index is 0.0960. The molecule has 0 bridgehead atoms. The van der Waals surface area contributed by atoms with E-state index in [0.717, 1.165) is 16.9 Å². The number of rotatable bonds is 4. The molecule has 2 saturated heterocycles. The monoisotopic (exact) mass is 422 g/mol. The van der Waals surface area contributed by atoms with Crippen LogP contribution in [0.15, 0.2) is 30.6 Å². The van der Waals surface area contributed by atoms with Crippen molar-refractivity contribution in [2.24, 2.45) is 0 Å². The molecule has 9 nitrogen and oxygen atoms in total. The van der Waals surface area contributed by atoms with E-state index in [2.05, 4.69) is 33.2 Å². The fraction of sp³-hybridized carbons (Fsp3) is 0.409. The number of imide groups is 1. The number of aryl methyl sites for hydroxylation is 2. The standard InChI is InChI=1S/C22H26N6O3/c1-4-17-20(29)25-22(31)28(17)18-6-5-16(13-23-18)21(30)27-9-7-26(8-10-27)19-15(3)11-14(2)12-24-19/h5-6,11-13,17H,4,7-10H2,1-3H3,(H,25,29,31). The lowest BCUT2D eigenvalue weighted by Crippen LogP contribution is -2.49. The number of nitrogens with zero attached hydrogens (tertiary/aromatic N) is 5. The summed E-state index contributed by atoms with van der Waals surface area (Å²) in [6, 6.07) is 4.33. The fourth-order valence-electron chi connectivity index (χ4n) is 4.14. The highest BCUT2D eigenvalue weighted by molar-refractivity contribution is 6.13. The van der Waals surface area contributed by atoms with E-state index >= 15 is 0 Å². The van der Waals surface area contributed by atoms with E-state index in [1.165, 1.54) is 11.1 Å². The zero-order chi connectivity index (χ0) is 22.1. The van der Waals surface area contributed by atoms with Gasteiger partial charge in [-0.05, 0) is 43.5 Å². The van der Waals surface area contributed by atoms with Crippen molar-refractivity contribution in [2.75, 3.05) is 36.0 Å². The Morgan fingerprint density at radius 2 is 1.84 bits per heavy atom. The van der Waals surface area contributed by atoms with E-state index in [0.29, 0.717) is 44.0 Å². The van der Waals surface area contributed by atoms with Gasteiger partial charge in [-0.25, -0.2) is 14.8 Å². The zero-order valence-corrected chi connectivity index (χ0v) is 18.0. The van der Waals surface area contributed by atoms with Crippen molar-refractivity contribution in [3.8, 4) is 0 Å². The van der Waals surface area contributed by atoms with Gasteiger partial charge in [-0.3, -0.25) is 19.8 Å². The van der Waals surface area contributed by atoms with Crippen molar-refractivity contribution in [2.45, 2.75) is 33.2 Å². The Labute approximate surface area is 181 Å². The summed E-state index contributed by atoms with van der Waals surface area (Å²) in [4.78, 5) is 51.1. The molecule has 0 aliphatic carbocycles. The maximum atomic E-state index is 12.9. The molecule has 0 aromatic carbocycles. The van der Waals surface area contributed by atoms with Crippen LogP contribution in [0.1, 0.15) is 34.8 Å². The van der Waals surface area contributed by atoms with Crippen molar-refractivity contribution in [3.63, 3.8) is 0 Å². The highest BCUT2D eigenvalue weighted by atomic mass is 16.2. The Hall–Kier alpha value is -3.49. The number of nitrogens with one attached hydrogen (secondary N) is 1. The largest absolute Gasteiger partial charge is 0.353 e. The minimum atomic E-state index is -0.575. The van der Waals surface area contributed by atoms with E-state index in [9.17, 15) is 14.4 Å². The van der Waals surface area contributed by atoms with Crippen molar-refractivity contribution >= 4 is 29.5 Å².